The van der Waals surface area contributed by atoms with Gasteiger partial charge in [-0.1, -0.05) is 26.0 Å². The Labute approximate surface area is 165 Å². The van der Waals surface area contributed by atoms with Crippen molar-refractivity contribution in [3.8, 4) is 0 Å². The first-order chi connectivity index (χ1) is 13.2. The fourth-order valence-electron chi connectivity index (χ4n) is 3.55. The topological polar surface area (TPSA) is 105 Å². The van der Waals surface area contributed by atoms with Crippen LogP contribution < -0.4 is 4.72 Å². The van der Waals surface area contributed by atoms with E-state index in [9.17, 15) is 18.0 Å². The lowest BCUT2D eigenvalue weighted by molar-refractivity contribution is -0.149. The summed E-state index contributed by atoms with van der Waals surface area (Å²) in [6.45, 7) is 4.66. The molecule has 0 aliphatic carbocycles. The van der Waals surface area contributed by atoms with Gasteiger partial charge in [0.15, 0.2) is 0 Å². The molecule has 1 aromatic rings. The van der Waals surface area contributed by atoms with Gasteiger partial charge in [-0.2, -0.15) is 0 Å². The SMILES string of the molecule is COC(=O)C1CCN(C(=O)[C@@H](N=C2NS(=O)(=O)c3ccccc32)C(C)C)CC1. The van der Waals surface area contributed by atoms with Crippen LogP contribution in [0, 0.1) is 11.8 Å². The molecule has 0 saturated carbocycles. The standard InChI is InChI=1S/C19H25N3O5S/c1-12(2)16(18(23)22-10-8-13(9-11-22)19(24)27-3)20-17-14-6-4-5-7-15(14)28(25,26)21-17/h4-7,12-13,16H,8-11H2,1-3H3,(H,20,21)/t16-/m0/s1. The van der Waals surface area contributed by atoms with Crippen molar-refractivity contribution in [1.29, 1.82) is 0 Å². The maximum absolute atomic E-state index is 13.1. The Morgan fingerprint density at radius 2 is 1.86 bits per heavy atom. The number of likely N-dealkylation sites (tertiary alicyclic amines) is 1. The van der Waals surface area contributed by atoms with E-state index in [-0.39, 0.29) is 34.4 Å². The number of fused-ring (bicyclic) bond motifs is 1. The third-order valence-corrected chi connectivity index (χ3v) is 6.55. The fraction of sp³-hybridized carbons (Fsp3) is 0.526. The second-order valence-electron chi connectivity index (χ2n) is 7.39. The average Bonchev–Trinajstić information content (AvgIpc) is 2.95. The van der Waals surface area contributed by atoms with E-state index in [1.54, 1.807) is 23.1 Å². The first kappa shape index (κ1) is 20.3. The van der Waals surface area contributed by atoms with Crippen molar-refractivity contribution in [2.45, 2.75) is 37.6 Å². The summed E-state index contributed by atoms with van der Waals surface area (Å²) in [5, 5.41) is 0. The van der Waals surface area contributed by atoms with Gasteiger partial charge in [-0.15, -0.1) is 0 Å². The van der Waals surface area contributed by atoms with Gasteiger partial charge in [0.1, 0.15) is 11.9 Å². The molecule has 1 N–H and O–H groups in total. The van der Waals surface area contributed by atoms with Crippen molar-refractivity contribution < 1.29 is 22.7 Å². The molecule has 2 heterocycles. The quantitative estimate of drug-likeness (QED) is 0.754. The molecule has 9 heteroatoms. The number of hydrogen-bond acceptors (Lipinski definition) is 6. The normalized spacial score (nSPS) is 21.3. The highest BCUT2D eigenvalue weighted by Gasteiger charge is 2.35. The lowest BCUT2D eigenvalue weighted by Crippen LogP contribution is -2.46. The van der Waals surface area contributed by atoms with Crippen molar-refractivity contribution in [3.05, 3.63) is 29.8 Å². The molecule has 0 spiro atoms. The zero-order chi connectivity index (χ0) is 20.5. The minimum atomic E-state index is -3.65. The monoisotopic (exact) mass is 407 g/mol. The first-order valence-electron chi connectivity index (χ1n) is 9.31. The molecule has 1 atom stereocenters. The van der Waals surface area contributed by atoms with Gasteiger partial charge in [0.25, 0.3) is 10.0 Å². The van der Waals surface area contributed by atoms with E-state index in [0.29, 0.717) is 31.5 Å². The van der Waals surface area contributed by atoms with Crippen molar-refractivity contribution >= 4 is 27.7 Å². The molecule has 0 radical (unpaired) electrons. The third-order valence-electron chi connectivity index (χ3n) is 5.16. The van der Waals surface area contributed by atoms with Gasteiger partial charge in [-0.05, 0) is 30.9 Å². The molecular formula is C19H25N3O5S. The van der Waals surface area contributed by atoms with Crippen LogP contribution in [0.15, 0.2) is 34.2 Å². The molecule has 1 saturated heterocycles. The van der Waals surface area contributed by atoms with Crippen molar-refractivity contribution in [2.24, 2.45) is 16.8 Å². The van der Waals surface area contributed by atoms with Crippen molar-refractivity contribution in [3.63, 3.8) is 0 Å². The van der Waals surface area contributed by atoms with Crippen LogP contribution in [0.3, 0.4) is 0 Å². The second-order valence-corrected chi connectivity index (χ2v) is 9.04. The maximum atomic E-state index is 13.1. The summed E-state index contributed by atoms with van der Waals surface area (Å²) in [5.74, 6) is -0.506. The first-order valence-corrected chi connectivity index (χ1v) is 10.8. The second kappa shape index (κ2) is 7.90. The zero-order valence-electron chi connectivity index (χ0n) is 16.2. The number of amidine groups is 1. The number of amides is 1. The van der Waals surface area contributed by atoms with Crippen LogP contribution in [0.1, 0.15) is 32.3 Å². The number of ether oxygens (including phenoxy) is 1. The predicted octanol–water partition coefficient (Wildman–Crippen LogP) is 1.16. The van der Waals surface area contributed by atoms with Crippen LogP contribution in [-0.2, 0) is 24.3 Å². The Morgan fingerprint density at radius 1 is 1.21 bits per heavy atom. The van der Waals surface area contributed by atoms with Crippen molar-refractivity contribution in [2.75, 3.05) is 20.2 Å². The Kier molecular flexibility index (Phi) is 5.74. The molecule has 8 nitrogen and oxygen atoms in total. The molecule has 28 heavy (non-hydrogen) atoms. The van der Waals surface area contributed by atoms with E-state index in [4.69, 9.17) is 4.74 Å². The molecule has 0 aromatic heterocycles. The van der Waals surface area contributed by atoms with Gasteiger partial charge < -0.3 is 9.64 Å². The molecule has 0 bridgehead atoms. The number of nitrogens with one attached hydrogen (secondary N) is 1. The number of carbonyl (C=O) groups is 2. The summed E-state index contributed by atoms with van der Waals surface area (Å²) in [6, 6.07) is 5.87. The van der Waals surface area contributed by atoms with Gasteiger partial charge in [0.05, 0.1) is 17.9 Å². The smallest absolute Gasteiger partial charge is 0.308 e. The molecule has 1 amide bonds. The van der Waals surface area contributed by atoms with E-state index < -0.39 is 16.1 Å². The number of hydrogen-bond donors (Lipinski definition) is 1. The molecule has 1 aromatic carbocycles. The average molecular weight is 407 g/mol. The van der Waals surface area contributed by atoms with Crippen LogP contribution in [0.2, 0.25) is 0 Å². The Hall–Kier alpha value is -2.42. The van der Waals surface area contributed by atoms with Crippen molar-refractivity contribution in [1.82, 2.24) is 9.62 Å². The number of aliphatic imine (C=N–C) groups is 1. The Morgan fingerprint density at radius 3 is 2.46 bits per heavy atom. The van der Waals surface area contributed by atoms with Crippen LogP contribution >= 0.6 is 0 Å². The van der Waals surface area contributed by atoms with Gasteiger partial charge in [0, 0.05) is 18.7 Å². The summed E-state index contributed by atoms with van der Waals surface area (Å²) < 4.78 is 31.8. The predicted molar refractivity (Wildman–Crippen MR) is 103 cm³/mol. The van der Waals surface area contributed by atoms with E-state index in [1.807, 2.05) is 13.8 Å². The third kappa shape index (κ3) is 3.89. The molecule has 3 rings (SSSR count). The summed E-state index contributed by atoms with van der Waals surface area (Å²) in [7, 11) is -2.29. The number of methoxy groups -OCH3 is 1. The molecule has 0 unspecified atom stereocenters. The largest absolute Gasteiger partial charge is 0.469 e. The number of esters is 1. The van der Waals surface area contributed by atoms with E-state index in [2.05, 4.69) is 9.71 Å². The lowest BCUT2D eigenvalue weighted by Gasteiger charge is -2.33. The van der Waals surface area contributed by atoms with Gasteiger partial charge >= 0.3 is 5.97 Å². The molecular weight excluding hydrogens is 382 g/mol. The summed E-state index contributed by atoms with van der Waals surface area (Å²) in [6.07, 6.45) is 1.10. The highest BCUT2D eigenvalue weighted by atomic mass is 32.2. The van der Waals surface area contributed by atoms with Crippen LogP contribution in [-0.4, -0.2) is 57.3 Å². The van der Waals surface area contributed by atoms with Gasteiger partial charge in [0.2, 0.25) is 5.91 Å². The highest BCUT2D eigenvalue weighted by Crippen LogP contribution is 2.25. The van der Waals surface area contributed by atoms with E-state index in [0.717, 1.165) is 0 Å². The zero-order valence-corrected chi connectivity index (χ0v) is 17.0. The van der Waals surface area contributed by atoms with Gasteiger partial charge in [-0.3, -0.25) is 19.3 Å². The summed E-state index contributed by atoms with van der Waals surface area (Å²) in [4.78, 5) is 31.1. The highest BCUT2D eigenvalue weighted by molar-refractivity contribution is 7.90. The molecule has 2 aliphatic rings. The molecule has 2 aliphatic heterocycles. The Bertz CT molecular complexity index is 902. The minimum absolute atomic E-state index is 0.115. The minimum Gasteiger partial charge on any atom is -0.469 e. The van der Waals surface area contributed by atoms with Gasteiger partial charge in [-0.25, -0.2) is 8.42 Å². The number of piperidine rings is 1. The van der Waals surface area contributed by atoms with Crippen LogP contribution in [0.25, 0.3) is 0 Å². The van der Waals surface area contributed by atoms with Crippen LogP contribution in [0.5, 0.6) is 0 Å². The number of carbonyl (C=O) groups excluding carboxylic acids is 2. The number of rotatable bonds is 4. The van der Waals surface area contributed by atoms with E-state index >= 15 is 0 Å². The number of sulfonamides is 1. The summed E-state index contributed by atoms with van der Waals surface area (Å²) in [5.41, 5.74) is 0.477. The number of nitrogens with zero attached hydrogens (tertiary/aromatic N) is 2. The number of benzene rings is 1. The fourth-order valence-corrected chi connectivity index (χ4v) is 4.79. The Balaban J connectivity index is 1.81. The molecule has 1 fully saturated rings. The van der Waals surface area contributed by atoms with E-state index in [1.165, 1.54) is 13.2 Å². The lowest BCUT2D eigenvalue weighted by atomic mass is 9.95. The summed E-state index contributed by atoms with van der Waals surface area (Å²) >= 11 is 0. The maximum Gasteiger partial charge on any atom is 0.308 e. The molecule has 152 valence electrons. The van der Waals surface area contributed by atoms with Crippen LogP contribution in [0.4, 0.5) is 0 Å².